The molecule has 0 atom stereocenters. The first kappa shape index (κ1) is 22.6. The summed E-state index contributed by atoms with van der Waals surface area (Å²) >= 11 is 0. The summed E-state index contributed by atoms with van der Waals surface area (Å²) < 4.78 is 13.7. The summed E-state index contributed by atoms with van der Waals surface area (Å²) in [4.78, 5) is 30.7. The third kappa shape index (κ3) is 4.62. The number of benzene rings is 1. The molecule has 9 nitrogen and oxygen atoms in total. The lowest BCUT2D eigenvalue weighted by atomic mass is 10.1. The first-order valence-corrected chi connectivity index (χ1v) is 11.0. The van der Waals surface area contributed by atoms with Crippen molar-refractivity contribution in [3.63, 3.8) is 0 Å². The number of aryl methyl sites for hydroxylation is 3. The molecule has 0 aliphatic heterocycles. The molecule has 1 N–H and O–H groups in total. The number of carbonyl (C=O) groups excluding carboxylic acids is 1. The molecular formula is C24H29N5O4. The highest BCUT2D eigenvalue weighted by Crippen LogP contribution is 2.27. The van der Waals surface area contributed by atoms with E-state index >= 15 is 0 Å². The quantitative estimate of drug-likeness (QED) is 0.562. The summed E-state index contributed by atoms with van der Waals surface area (Å²) in [5.74, 6) is 1.44. The maximum atomic E-state index is 13.2. The molecule has 0 fully saturated rings. The Morgan fingerprint density at radius 1 is 1.12 bits per heavy atom. The molecule has 0 spiro atoms. The first-order chi connectivity index (χ1) is 15.9. The molecule has 1 amide bonds. The number of ether oxygens (including phenoxy) is 2. The number of methoxy groups -OCH3 is 2. The molecule has 0 radical (unpaired) electrons. The van der Waals surface area contributed by atoms with Gasteiger partial charge in [-0.1, -0.05) is 6.07 Å². The number of nitrogens with one attached hydrogen (secondary N) is 1. The number of aromatic nitrogens is 4. The molecule has 2 aromatic heterocycles. The molecule has 0 bridgehead atoms. The van der Waals surface area contributed by atoms with E-state index in [-0.39, 0.29) is 18.0 Å². The van der Waals surface area contributed by atoms with Gasteiger partial charge in [0, 0.05) is 17.8 Å². The number of carbonyl (C=O) groups is 1. The van der Waals surface area contributed by atoms with Crippen molar-refractivity contribution in [3.05, 3.63) is 62.8 Å². The number of amides is 1. The second-order valence-electron chi connectivity index (χ2n) is 8.21. The maximum Gasteiger partial charge on any atom is 0.258 e. The van der Waals surface area contributed by atoms with Crippen LogP contribution in [0.5, 0.6) is 11.5 Å². The van der Waals surface area contributed by atoms with Crippen LogP contribution >= 0.6 is 0 Å². The SMILES string of the molecule is COc1ccc(CCNC(=O)Cn2c(-n3nc(C)cc3C)nc3c(c2=O)CCC3)cc1OC. The van der Waals surface area contributed by atoms with Crippen LogP contribution in [-0.4, -0.2) is 46.0 Å². The zero-order valence-corrected chi connectivity index (χ0v) is 19.5. The minimum atomic E-state index is -0.250. The Labute approximate surface area is 192 Å². The van der Waals surface area contributed by atoms with Gasteiger partial charge in [-0.2, -0.15) is 5.10 Å². The minimum absolute atomic E-state index is 0.112. The van der Waals surface area contributed by atoms with Crippen LogP contribution in [0.3, 0.4) is 0 Å². The highest BCUT2D eigenvalue weighted by molar-refractivity contribution is 5.76. The molecule has 0 saturated heterocycles. The predicted octanol–water partition coefficient (Wildman–Crippen LogP) is 1.91. The highest BCUT2D eigenvalue weighted by Gasteiger charge is 2.23. The third-order valence-corrected chi connectivity index (χ3v) is 5.85. The van der Waals surface area contributed by atoms with Gasteiger partial charge in [0.2, 0.25) is 11.9 Å². The fourth-order valence-corrected chi connectivity index (χ4v) is 4.23. The Kier molecular flexibility index (Phi) is 6.48. The van der Waals surface area contributed by atoms with Crippen LogP contribution in [0.2, 0.25) is 0 Å². The van der Waals surface area contributed by atoms with E-state index in [2.05, 4.69) is 10.4 Å². The Bertz CT molecular complexity index is 1240. The molecule has 174 valence electrons. The van der Waals surface area contributed by atoms with E-state index in [0.29, 0.717) is 42.4 Å². The normalized spacial score (nSPS) is 12.5. The van der Waals surface area contributed by atoms with Gasteiger partial charge in [0.15, 0.2) is 11.5 Å². The average molecular weight is 452 g/mol. The fourth-order valence-electron chi connectivity index (χ4n) is 4.23. The molecule has 2 heterocycles. The summed E-state index contributed by atoms with van der Waals surface area (Å²) in [6.07, 6.45) is 2.98. The number of nitrogens with zero attached hydrogens (tertiary/aromatic N) is 4. The smallest absolute Gasteiger partial charge is 0.258 e. The van der Waals surface area contributed by atoms with Crippen molar-refractivity contribution >= 4 is 5.91 Å². The molecule has 0 saturated carbocycles. The zero-order valence-electron chi connectivity index (χ0n) is 19.5. The van der Waals surface area contributed by atoms with Gasteiger partial charge in [0.25, 0.3) is 5.56 Å². The average Bonchev–Trinajstić information content (AvgIpc) is 3.41. The second kappa shape index (κ2) is 9.48. The number of rotatable bonds is 8. The van der Waals surface area contributed by atoms with E-state index in [9.17, 15) is 9.59 Å². The first-order valence-electron chi connectivity index (χ1n) is 11.0. The molecule has 1 aliphatic carbocycles. The minimum Gasteiger partial charge on any atom is -0.493 e. The van der Waals surface area contributed by atoms with Crippen LogP contribution < -0.4 is 20.3 Å². The largest absolute Gasteiger partial charge is 0.493 e. The van der Waals surface area contributed by atoms with Crippen LogP contribution in [0.1, 0.15) is 34.6 Å². The van der Waals surface area contributed by atoms with Gasteiger partial charge in [0.05, 0.1) is 25.6 Å². The van der Waals surface area contributed by atoms with E-state index in [4.69, 9.17) is 14.5 Å². The van der Waals surface area contributed by atoms with Gasteiger partial charge in [-0.3, -0.25) is 14.2 Å². The van der Waals surface area contributed by atoms with Crippen molar-refractivity contribution in [2.24, 2.45) is 0 Å². The zero-order chi connectivity index (χ0) is 23.5. The van der Waals surface area contributed by atoms with Crippen LogP contribution in [0.4, 0.5) is 0 Å². The molecule has 3 aromatic rings. The maximum absolute atomic E-state index is 13.2. The van der Waals surface area contributed by atoms with Crippen molar-refractivity contribution in [1.82, 2.24) is 24.6 Å². The number of fused-ring (bicyclic) bond motifs is 1. The van der Waals surface area contributed by atoms with Crippen LogP contribution in [-0.2, 0) is 30.6 Å². The topological polar surface area (TPSA) is 100 Å². The van der Waals surface area contributed by atoms with Crippen molar-refractivity contribution < 1.29 is 14.3 Å². The lowest BCUT2D eigenvalue weighted by molar-refractivity contribution is -0.121. The van der Waals surface area contributed by atoms with Gasteiger partial charge in [-0.15, -0.1) is 0 Å². The number of hydrogen-bond acceptors (Lipinski definition) is 6. The molecule has 1 aromatic carbocycles. The Balaban J connectivity index is 1.51. The summed E-state index contributed by atoms with van der Waals surface area (Å²) in [6, 6.07) is 7.59. The summed E-state index contributed by atoms with van der Waals surface area (Å²) in [5.41, 5.74) is 4.06. The molecular weight excluding hydrogens is 422 g/mol. The lowest BCUT2D eigenvalue weighted by Gasteiger charge is -2.15. The number of hydrogen-bond donors (Lipinski definition) is 1. The van der Waals surface area contributed by atoms with Gasteiger partial charge in [-0.05, 0) is 63.3 Å². The molecule has 9 heteroatoms. The van der Waals surface area contributed by atoms with Crippen LogP contribution in [0.15, 0.2) is 29.1 Å². The second-order valence-corrected chi connectivity index (χ2v) is 8.21. The highest BCUT2D eigenvalue weighted by atomic mass is 16.5. The standard InChI is InChI=1S/C24H29N5O4/c1-15-12-16(2)29(27-15)24-26-19-7-5-6-18(19)23(31)28(24)14-22(30)25-11-10-17-8-9-20(32-3)21(13-17)33-4/h8-9,12-13H,5-7,10-11,14H2,1-4H3,(H,25,30). The van der Waals surface area contributed by atoms with E-state index in [1.807, 2.05) is 38.1 Å². The fraction of sp³-hybridized carbons (Fsp3) is 0.417. The van der Waals surface area contributed by atoms with Crippen molar-refractivity contribution in [3.8, 4) is 17.4 Å². The van der Waals surface area contributed by atoms with Crippen molar-refractivity contribution in [1.29, 1.82) is 0 Å². The van der Waals surface area contributed by atoms with E-state index in [1.54, 1.807) is 18.9 Å². The van der Waals surface area contributed by atoms with Gasteiger partial charge in [-0.25, -0.2) is 9.67 Å². The summed E-state index contributed by atoms with van der Waals surface area (Å²) in [5, 5.41) is 7.40. The monoisotopic (exact) mass is 451 g/mol. The lowest BCUT2D eigenvalue weighted by Crippen LogP contribution is -2.37. The molecule has 33 heavy (non-hydrogen) atoms. The van der Waals surface area contributed by atoms with Gasteiger partial charge < -0.3 is 14.8 Å². The molecule has 4 rings (SSSR count). The third-order valence-electron chi connectivity index (χ3n) is 5.85. The summed E-state index contributed by atoms with van der Waals surface area (Å²) in [7, 11) is 3.18. The van der Waals surface area contributed by atoms with Crippen molar-refractivity contribution in [2.75, 3.05) is 20.8 Å². The van der Waals surface area contributed by atoms with Gasteiger partial charge in [0.1, 0.15) is 6.54 Å². The van der Waals surface area contributed by atoms with E-state index < -0.39 is 0 Å². The Morgan fingerprint density at radius 2 is 1.91 bits per heavy atom. The Hall–Kier alpha value is -3.62. The van der Waals surface area contributed by atoms with E-state index in [1.165, 1.54) is 4.57 Å². The molecule has 1 aliphatic rings. The van der Waals surface area contributed by atoms with Gasteiger partial charge >= 0.3 is 0 Å². The Morgan fingerprint density at radius 3 is 2.61 bits per heavy atom. The van der Waals surface area contributed by atoms with Crippen LogP contribution in [0, 0.1) is 13.8 Å². The van der Waals surface area contributed by atoms with Crippen molar-refractivity contribution in [2.45, 2.75) is 46.1 Å². The summed E-state index contributed by atoms with van der Waals surface area (Å²) in [6.45, 7) is 4.11. The van der Waals surface area contributed by atoms with E-state index in [0.717, 1.165) is 35.5 Å². The predicted molar refractivity (Wildman–Crippen MR) is 123 cm³/mol. The van der Waals surface area contributed by atoms with Crippen LogP contribution in [0.25, 0.3) is 5.95 Å². The molecule has 0 unspecified atom stereocenters.